The number of alkyl halides is 3. The van der Waals surface area contributed by atoms with Gasteiger partial charge in [-0.3, -0.25) is 4.79 Å². The van der Waals surface area contributed by atoms with Gasteiger partial charge >= 0.3 is 6.18 Å². The van der Waals surface area contributed by atoms with Crippen LogP contribution < -0.4 is 16.4 Å². The van der Waals surface area contributed by atoms with Crippen LogP contribution in [0.4, 0.5) is 13.2 Å². The molecule has 1 aliphatic heterocycles. The molecule has 4 N–H and O–H groups in total. The third kappa shape index (κ3) is 3.71. The molecule has 1 saturated heterocycles. The third-order valence-electron chi connectivity index (χ3n) is 3.20. The Morgan fingerprint density at radius 1 is 1.45 bits per heavy atom. The van der Waals surface area contributed by atoms with Gasteiger partial charge < -0.3 is 16.4 Å². The fourth-order valence-electron chi connectivity index (χ4n) is 2.13. The second-order valence-corrected chi connectivity index (χ2v) is 4.87. The van der Waals surface area contributed by atoms with Crippen molar-refractivity contribution in [1.82, 2.24) is 10.6 Å². The number of amides is 1. The monoisotopic (exact) mass is 287 g/mol. The van der Waals surface area contributed by atoms with Crippen LogP contribution in [-0.2, 0) is 17.5 Å². The fraction of sp³-hybridized carbons (Fsp3) is 0.462. The summed E-state index contributed by atoms with van der Waals surface area (Å²) >= 11 is 0. The largest absolute Gasteiger partial charge is 0.416 e. The normalized spacial score (nSPS) is 22.8. The smallest absolute Gasteiger partial charge is 0.351 e. The molecule has 7 heteroatoms. The van der Waals surface area contributed by atoms with E-state index in [-0.39, 0.29) is 24.5 Å². The molecule has 1 aromatic carbocycles. The molecule has 0 aromatic heterocycles. The summed E-state index contributed by atoms with van der Waals surface area (Å²) in [6.45, 7) is 0.637. The minimum Gasteiger partial charge on any atom is -0.351 e. The van der Waals surface area contributed by atoms with Crippen molar-refractivity contribution in [1.29, 1.82) is 0 Å². The number of carbonyl (C=O) groups is 1. The number of hydrogen-bond donors (Lipinski definition) is 3. The molecule has 1 aliphatic rings. The first-order chi connectivity index (χ1) is 9.36. The molecule has 0 radical (unpaired) electrons. The summed E-state index contributed by atoms with van der Waals surface area (Å²) in [7, 11) is 0. The van der Waals surface area contributed by atoms with Crippen molar-refractivity contribution >= 4 is 5.91 Å². The Labute approximate surface area is 114 Å². The molecule has 1 amide bonds. The molecule has 0 saturated carbocycles. The van der Waals surface area contributed by atoms with E-state index in [9.17, 15) is 18.0 Å². The zero-order valence-electron chi connectivity index (χ0n) is 10.7. The van der Waals surface area contributed by atoms with Crippen LogP contribution in [0.1, 0.15) is 17.5 Å². The van der Waals surface area contributed by atoms with E-state index in [0.717, 1.165) is 12.1 Å². The van der Waals surface area contributed by atoms with Gasteiger partial charge in [0, 0.05) is 19.1 Å². The molecule has 0 spiro atoms. The van der Waals surface area contributed by atoms with E-state index in [1.807, 2.05) is 0 Å². The van der Waals surface area contributed by atoms with Gasteiger partial charge in [-0.25, -0.2) is 0 Å². The van der Waals surface area contributed by atoms with Crippen molar-refractivity contribution in [2.24, 2.45) is 5.73 Å². The van der Waals surface area contributed by atoms with Crippen LogP contribution in [0.5, 0.6) is 0 Å². The molecule has 1 aromatic rings. The number of rotatable bonds is 3. The first-order valence-electron chi connectivity index (χ1n) is 6.29. The van der Waals surface area contributed by atoms with Gasteiger partial charge in [-0.1, -0.05) is 12.1 Å². The maximum atomic E-state index is 12.5. The summed E-state index contributed by atoms with van der Waals surface area (Å²) in [5.74, 6) is -0.240. The van der Waals surface area contributed by atoms with E-state index >= 15 is 0 Å². The Hall–Kier alpha value is -1.60. The Bertz CT molecular complexity index is 490. The zero-order valence-corrected chi connectivity index (χ0v) is 10.7. The minimum atomic E-state index is -4.38. The lowest BCUT2D eigenvalue weighted by atomic mass is 10.1. The lowest BCUT2D eigenvalue weighted by molar-refractivity contribution is -0.137. The van der Waals surface area contributed by atoms with Crippen molar-refractivity contribution in [3.63, 3.8) is 0 Å². The quantitative estimate of drug-likeness (QED) is 0.777. The third-order valence-corrected chi connectivity index (χ3v) is 3.20. The van der Waals surface area contributed by atoms with Crippen molar-refractivity contribution < 1.29 is 18.0 Å². The van der Waals surface area contributed by atoms with Gasteiger partial charge in [0.1, 0.15) is 0 Å². The average molecular weight is 287 g/mol. The standard InChI is InChI=1S/C13H16F3N3O/c14-13(15,16)9-3-1-2-8(4-9)6-19-12(20)11-5-10(17)7-18-11/h1-4,10-11,18H,5-7,17H2,(H,19,20). The number of nitrogens with two attached hydrogens (primary N) is 1. The van der Waals surface area contributed by atoms with Gasteiger partial charge in [0.15, 0.2) is 0 Å². The summed E-state index contributed by atoms with van der Waals surface area (Å²) < 4.78 is 37.6. The van der Waals surface area contributed by atoms with E-state index < -0.39 is 11.7 Å². The summed E-state index contributed by atoms with van der Waals surface area (Å²) in [4.78, 5) is 11.8. The molecular formula is C13H16F3N3O. The lowest BCUT2D eigenvalue weighted by Crippen LogP contribution is -2.40. The van der Waals surface area contributed by atoms with Gasteiger partial charge in [-0.15, -0.1) is 0 Å². The molecule has 20 heavy (non-hydrogen) atoms. The highest BCUT2D eigenvalue weighted by molar-refractivity contribution is 5.82. The predicted octanol–water partition coefficient (Wildman–Crippen LogP) is 1.01. The second kappa shape index (κ2) is 5.80. The molecule has 2 atom stereocenters. The highest BCUT2D eigenvalue weighted by Crippen LogP contribution is 2.29. The van der Waals surface area contributed by atoms with Crippen molar-refractivity contribution in [3.8, 4) is 0 Å². The number of hydrogen-bond acceptors (Lipinski definition) is 3. The molecule has 110 valence electrons. The molecule has 0 bridgehead atoms. The van der Waals surface area contributed by atoms with E-state index in [1.165, 1.54) is 6.07 Å². The van der Waals surface area contributed by atoms with Crippen LogP contribution in [0, 0.1) is 0 Å². The summed E-state index contributed by atoms with van der Waals surface area (Å²) in [6.07, 6.45) is -3.84. The van der Waals surface area contributed by atoms with Crippen LogP contribution in [0.2, 0.25) is 0 Å². The summed E-state index contributed by atoms with van der Waals surface area (Å²) in [6, 6.07) is 4.49. The zero-order chi connectivity index (χ0) is 14.8. The van der Waals surface area contributed by atoms with E-state index in [1.54, 1.807) is 6.07 Å². The molecule has 1 fully saturated rings. The maximum absolute atomic E-state index is 12.5. The van der Waals surface area contributed by atoms with Crippen molar-refractivity contribution in [2.45, 2.75) is 31.2 Å². The Morgan fingerprint density at radius 2 is 2.20 bits per heavy atom. The molecule has 0 aliphatic carbocycles. The molecular weight excluding hydrogens is 271 g/mol. The van der Waals surface area contributed by atoms with Crippen molar-refractivity contribution in [2.75, 3.05) is 6.54 Å². The van der Waals surface area contributed by atoms with Gasteiger partial charge in [-0.2, -0.15) is 13.2 Å². The number of nitrogens with one attached hydrogen (secondary N) is 2. The van der Waals surface area contributed by atoms with E-state index in [0.29, 0.717) is 18.5 Å². The lowest BCUT2D eigenvalue weighted by Gasteiger charge is -2.12. The number of benzene rings is 1. The highest BCUT2D eigenvalue weighted by atomic mass is 19.4. The SMILES string of the molecule is NC1CNC(C(=O)NCc2cccc(C(F)(F)F)c2)C1. The number of carbonyl (C=O) groups excluding carboxylic acids is 1. The van der Waals surface area contributed by atoms with Crippen LogP contribution in [0.25, 0.3) is 0 Å². The van der Waals surface area contributed by atoms with Gasteiger partial charge in [0.2, 0.25) is 5.91 Å². The van der Waals surface area contributed by atoms with Gasteiger partial charge in [0.05, 0.1) is 11.6 Å². The molecule has 2 unspecified atom stereocenters. The Morgan fingerprint density at radius 3 is 2.80 bits per heavy atom. The molecule has 4 nitrogen and oxygen atoms in total. The Kier molecular flexibility index (Phi) is 4.29. The van der Waals surface area contributed by atoms with Crippen molar-refractivity contribution in [3.05, 3.63) is 35.4 Å². The van der Waals surface area contributed by atoms with Gasteiger partial charge in [-0.05, 0) is 24.1 Å². The number of halogens is 3. The average Bonchev–Trinajstić information content (AvgIpc) is 2.82. The highest BCUT2D eigenvalue weighted by Gasteiger charge is 2.30. The fourth-order valence-corrected chi connectivity index (χ4v) is 2.13. The van der Waals surface area contributed by atoms with Crippen LogP contribution >= 0.6 is 0 Å². The molecule has 1 heterocycles. The molecule has 2 rings (SSSR count). The maximum Gasteiger partial charge on any atom is 0.416 e. The summed E-state index contributed by atoms with van der Waals surface area (Å²) in [5, 5.41) is 5.58. The summed E-state index contributed by atoms with van der Waals surface area (Å²) in [5.41, 5.74) is 5.37. The van der Waals surface area contributed by atoms with Crippen LogP contribution in [-0.4, -0.2) is 24.5 Å². The predicted molar refractivity (Wildman–Crippen MR) is 67.7 cm³/mol. The van der Waals surface area contributed by atoms with Gasteiger partial charge in [0.25, 0.3) is 0 Å². The van der Waals surface area contributed by atoms with E-state index in [2.05, 4.69) is 10.6 Å². The first-order valence-corrected chi connectivity index (χ1v) is 6.29. The Balaban J connectivity index is 1.92. The van der Waals surface area contributed by atoms with E-state index in [4.69, 9.17) is 5.73 Å². The second-order valence-electron chi connectivity index (χ2n) is 4.87. The van der Waals surface area contributed by atoms with Crippen LogP contribution in [0.3, 0.4) is 0 Å². The van der Waals surface area contributed by atoms with Crippen LogP contribution in [0.15, 0.2) is 24.3 Å². The minimum absolute atomic E-state index is 0.0562. The first kappa shape index (κ1) is 14.8. The topological polar surface area (TPSA) is 67.1 Å².